The second-order valence-electron chi connectivity index (χ2n) is 7.47. The first-order valence-corrected chi connectivity index (χ1v) is 10.3. The predicted octanol–water partition coefficient (Wildman–Crippen LogP) is 6.77. The molecule has 4 aromatic rings. The second kappa shape index (κ2) is 9.02. The van der Waals surface area contributed by atoms with E-state index in [9.17, 15) is 22.8 Å². The van der Waals surface area contributed by atoms with Crippen molar-refractivity contribution >= 4 is 22.7 Å². The van der Waals surface area contributed by atoms with Crippen LogP contribution in [0.15, 0.2) is 78.9 Å². The van der Waals surface area contributed by atoms with Gasteiger partial charge in [0.2, 0.25) is 0 Å². The number of esters is 2. The first kappa shape index (κ1) is 23.0. The van der Waals surface area contributed by atoms with Crippen LogP contribution in [0.1, 0.15) is 26.3 Å². The number of hydrogen-bond donors (Lipinski definition) is 0. The van der Waals surface area contributed by atoms with Crippen LogP contribution < -0.4 is 0 Å². The lowest BCUT2D eigenvalue weighted by Crippen LogP contribution is -2.16. The van der Waals surface area contributed by atoms with Crippen LogP contribution >= 0.6 is 0 Å². The molecule has 0 aliphatic carbocycles. The van der Waals surface area contributed by atoms with Gasteiger partial charge in [-0.25, -0.2) is 9.59 Å². The molecule has 4 aromatic carbocycles. The van der Waals surface area contributed by atoms with Gasteiger partial charge in [-0.15, -0.1) is 0 Å². The summed E-state index contributed by atoms with van der Waals surface area (Å²) in [6.45, 7) is 0. The molecule has 0 radical (unpaired) electrons. The molecule has 0 saturated carbocycles. The van der Waals surface area contributed by atoms with E-state index in [2.05, 4.69) is 0 Å². The number of alkyl halides is 3. The fourth-order valence-corrected chi connectivity index (χ4v) is 4.08. The lowest BCUT2D eigenvalue weighted by molar-refractivity contribution is -0.137. The molecule has 0 aromatic heterocycles. The van der Waals surface area contributed by atoms with Crippen LogP contribution in [0.25, 0.3) is 33.0 Å². The first-order valence-electron chi connectivity index (χ1n) is 10.3. The van der Waals surface area contributed by atoms with Gasteiger partial charge in [0.05, 0.1) is 30.9 Å². The largest absolute Gasteiger partial charge is 0.465 e. The van der Waals surface area contributed by atoms with Crippen molar-refractivity contribution in [2.75, 3.05) is 14.2 Å². The van der Waals surface area contributed by atoms with Gasteiger partial charge >= 0.3 is 18.1 Å². The Kier molecular flexibility index (Phi) is 6.11. The van der Waals surface area contributed by atoms with Gasteiger partial charge in [0.15, 0.2) is 0 Å². The number of benzene rings is 4. The van der Waals surface area contributed by atoms with E-state index in [0.29, 0.717) is 16.7 Å². The van der Waals surface area contributed by atoms with E-state index in [-0.39, 0.29) is 27.5 Å². The molecule has 0 aliphatic rings. The molecular weight excluding hydrogens is 445 g/mol. The molecule has 172 valence electrons. The summed E-state index contributed by atoms with van der Waals surface area (Å²) in [7, 11) is 2.32. The monoisotopic (exact) mass is 464 g/mol. The van der Waals surface area contributed by atoms with Gasteiger partial charge < -0.3 is 9.47 Å². The number of carbonyl (C=O) groups is 2. The molecular formula is C27H19F3O4. The summed E-state index contributed by atoms with van der Waals surface area (Å²) >= 11 is 0. The number of fused-ring (bicyclic) bond motifs is 1. The summed E-state index contributed by atoms with van der Waals surface area (Å²) in [4.78, 5) is 26.0. The van der Waals surface area contributed by atoms with E-state index in [4.69, 9.17) is 9.47 Å². The van der Waals surface area contributed by atoms with Crippen LogP contribution in [0.2, 0.25) is 0 Å². The van der Waals surface area contributed by atoms with Gasteiger partial charge in [-0.05, 0) is 39.6 Å². The molecule has 0 bridgehead atoms. The van der Waals surface area contributed by atoms with Crippen molar-refractivity contribution < 1.29 is 32.2 Å². The van der Waals surface area contributed by atoms with E-state index >= 15 is 0 Å². The zero-order valence-corrected chi connectivity index (χ0v) is 18.3. The van der Waals surface area contributed by atoms with E-state index < -0.39 is 23.7 Å². The van der Waals surface area contributed by atoms with Crippen LogP contribution in [0, 0.1) is 0 Å². The Morgan fingerprint density at radius 3 is 1.65 bits per heavy atom. The fraction of sp³-hybridized carbons (Fsp3) is 0.111. The Morgan fingerprint density at radius 2 is 1.15 bits per heavy atom. The third kappa shape index (κ3) is 4.01. The smallest absolute Gasteiger partial charge is 0.416 e. The maximum atomic E-state index is 13.7. The van der Waals surface area contributed by atoms with Gasteiger partial charge in [0.1, 0.15) is 0 Å². The summed E-state index contributed by atoms with van der Waals surface area (Å²) < 4.78 is 51.1. The molecule has 0 amide bonds. The summed E-state index contributed by atoms with van der Waals surface area (Å²) in [5, 5.41) is 0.312. The third-order valence-electron chi connectivity index (χ3n) is 5.54. The van der Waals surface area contributed by atoms with Gasteiger partial charge in [-0.2, -0.15) is 13.2 Å². The molecule has 4 rings (SSSR count). The average Bonchev–Trinajstić information content (AvgIpc) is 2.86. The number of halogens is 3. The van der Waals surface area contributed by atoms with Crippen molar-refractivity contribution in [1.82, 2.24) is 0 Å². The maximum Gasteiger partial charge on any atom is 0.416 e. The topological polar surface area (TPSA) is 52.6 Å². The molecule has 0 aliphatic heterocycles. The van der Waals surface area contributed by atoms with Crippen molar-refractivity contribution in [2.24, 2.45) is 0 Å². The number of ether oxygens (including phenoxy) is 2. The van der Waals surface area contributed by atoms with Crippen LogP contribution in [0.3, 0.4) is 0 Å². The Morgan fingerprint density at radius 1 is 0.647 bits per heavy atom. The van der Waals surface area contributed by atoms with Crippen molar-refractivity contribution in [2.45, 2.75) is 6.18 Å². The van der Waals surface area contributed by atoms with Crippen LogP contribution in [-0.2, 0) is 15.7 Å². The minimum atomic E-state index is -4.61. The molecule has 0 spiro atoms. The Balaban J connectivity index is 2.33. The van der Waals surface area contributed by atoms with E-state index in [1.54, 1.807) is 60.7 Å². The van der Waals surface area contributed by atoms with E-state index in [1.165, 1.54) is 13.2 Å². The highest BCUT2D eigenvalue weighted by molar-refractivity contribution is 6.21. The number of rotatable bonds is 4. The Hall–Kier alpha value is -4.13. The standard InChI is InChI=1S/C27H19F3O4/c1-33-25(31)23-19-14-13-18(27(28,29)30)15-20(19)21(16-9-5-3-6-10-16)22(24(23)26(32)34-2)17-11-7-4-8-12-17/h3-15H,1-2H3. The number of methoxy groups -OCH3 is 2. The molecule has 0 saturated heterocycles. The molecule has 0 N–H and O–H groups in total. The molecule has 0 unspecified atom stereocenters. The van der Waals surface area contributed by atoms with Crippen molar-refractivity contribution in [3.63, 3.8) is 0 Å². The fourth-order valence-electron chi connectivity index (χ4n) is 4.08. The minimum Gasteiger partial charge on any atom is -0.465 e. The number of carbonyl (C=O) groups excluding carboxylic acids is 2. The highest BCUT2D eigenvalue weighted by Crippen LogP contribution is 2.45. The highest BCUT2D eigenvalue weighted by atomic mass is 19.4. The minimum absolute atomic E-state index is 0.0772. The summed E-state index contributed by atoms with van der Waals surface area (Å²) in [6, 6.07) is 20.5. The normalized spacial score (nSPS) is 11.3. The van der Waals surface area contributed by atoms with Gasteiger partial charge in [-0.1, -0.05) is 66.7 Å². The van der Waals surface area contributed by atoms with Gasteiger partial charge in [0, 0.05) is 5.56 Å². The number of hydrogen-bond acceptors (Lipinski definition) is 4. The van der Waals surface area contributed by atoms with E-state index in [1.807, 2.05) is 0 Å². The summed E-state index contributed by atoms with van der Waals surface area (Å²) in [5.41, 5.74) is 0.659. The molecule has 0 atom stereocenters. The Labute approximate surface area is 193 Å². The zero-order chi connectivity index (χ0) is 24.5. The average molecular weight is 464 g/mol. The molecule has 7 heteroatoms. The predicted molar refractivity (Wildman–Crippen MR) is 123 cm³/mol. The zero-order valence-electron chi connectivity index (χ0n) is 18.3. The van der Waals surface area contributed by atoms with Gasteiger partial charge in [-0.3, -0.25) is 0 Å². The summed E-state index contributed by atoms with van der Waals surface area (Å²) in [6.07, 6.45) is -4.61. The molecule has 0 heterocycles. The summed E-state index contributed by atoms with van der Waals surface area (Å²) in [5.74, 6) is -1.67. The highest BCUT2D eigenvalue weighted by Gasteiger charge is 2.34. The van der Waals surface area contributed by atoms with E-state index in [0.717, 1.165) is 19.2 Å². The van der Waals surface area contributed by atoms with Gasteiger partial charge in [0.25, 0.3) is 0 Å². The molecule has 4 nitrogen and oxygen atoms in total. The lowest BCUT2D eigenvalue weighted by Gasteiger charge is -2.22. The first-order chi connectivity index (χ1) is 16.3. The Bertz CT molecular complexity index is 1380. The maximum absolute atomic E-state index is 13.7. The SMILES string of the molecule is COC(=O)c1c(-c2ccccc2)c(-c2ccccc2)c2cc(C(F)(F)F)ccc2c1C(=O)OC. The molecule has 34 heavy (non-hydrogen) atoms. The van der Waals surface area contributed by atoms with Crippen LogP contribution in [0.5, 0.6) is 0 Å². The molecule has 0 fully saturated rings. The van der Waals surface area contributed by atoms with Crippen molar-refractivity contribution in [3.8, 4) is 22.3 Å². The van der Waals surface area contributed by atoms with Crippen LogP contribution in [0.4, 0.5) is 13.2 Å². The quantitative estimate of drug-likeness (QED) is 0.313. The van der Waals surface area contributed by atoms with Crippen molar-refractivity contribution in [1.29, 1.82) is 0 Å². The second-order valence-corrected chi connectivity index (χ2v) is 7.47. The third-order valence-corrected chi connectivity index (χ3v) is 5.54. The lowest BCUT2D eigenvalue weighted by atomic mass is 9.82. The van der Waals surface area contributed by atoms with Crippen molar-refractivity contribution in [3.05, 3.63) is 95.6 Å². The van der Waals surface area contributed by atoms with Crippen LogP contribution in [-0.4, -0.2) is 26.2 Å².